The second-order valence-electron chi connectivity index (χ2n) is 13.4. The third kappa shape index (κ3) is 9.00. The molecule has 0 bridgehead atoms. The average molecular weight is 766 g/mol. The van der Waals surface area contributed by atoms with Gasteiger partial charge in [-0.2, -0.15) is 0 Å². The minimum absolute atomic E-state index is 0. The lowest BCUT2D eigenvalue weighted by Gasteiger charge is -2.45. The first-order valence-electron chi connectivity index (χ1n) is 17.5. The number of halogens is 1. The molecule has 0 amide bonds. The maximum Gasteiger partial charge on any atom is 0.305 e. The van der Waals surface area contributed by atoms with Gasteiger partial charge in [0, 0.05) is 6.42 Å². The zero-order valence-corrected chi connectivity index (χ0v) is 33.2. The highest BCUT2D eigenvalue weighted by Crippen LogP contribution is 2.55. The first-order chi connectivity index (χ1) is 23.8. The Hall–Kier alpha value is -3.60. The molecule has 6 heteroatoms. The molecule has 0 aliphatic heterocycles. The van der Waals surface area contributed by atoms with Gasteiger partial charge in [0.1, 0.15) is 23.2 Å². The van der Waals surface area contributed by atoms with E-state index in [0.29, 0.717) is 25.9 Å². The van der Waals surface area contributed by atoms with Crippen LogP contribution in [0.2, 0.25) is 5.04 Å². The van der Waals surface area contributed by atoms with Crippen LogP contribution in [0.4, 0.5) is 0 Å². The summed E-state index contributed by atoms with van der Waals surface area (Å²) in [5.74, 6) is -0.155. The number of benzene rings is 5. The van der Waals surface area contributed by atoms with Crippen molar-refractivity contribution in [3.8, 4) is 0 Å². The van der Waals surface area contributed by atoms with Crippen molar-refractivity contribution in [2.45, 2.75) is 58.1 Å². The van der Waals surface area contributed by atoms with Crippen molar-refractivity contribution < 1.29 is 30.9 Å². The summed E-state index contributed by atoms with van der Waals surface area (Å²) >= 11 is 0. The molecule has 50 heavy (non-hydrogen) atoms. The Labute approximate surface area is 312 Å². The van der Waals surface area contributed by atoms with Crippen molar-refractivity contribution in [1.29, 1.82) is 0 Å². The molecule has 0 saturated heterocycles. The van der Waals surface area contributed by atoms with E-state index < -0.39 is 15.6 Å². The second-order valence-corrected chi connectivity index (χ2v) is 21.2. The summed E-state index contributed by atoms with van der Waals surface area (Å²) in [7, 11) is -4.92. The summed E-state index contributed by atoms with van der Waals surface area (Å²) in [5, 5.41) is 6.38. The van der Waals surface area contributed by atoms with Crippen LogP contribution in [-0.2, 0) is 14.0 Å². The van der Waals surface area contributed by atoms with E-state index in [-0.39, 0.29) is 34.1 Å². The smallest absolute Gasteiger partial charge is 0.305 e. The number of carbonyl (C=O) groups excluding carboxylic acids is 1. The highest BCUT2D eigenvalue weighted by atomic mass is 79.9. The largest absolute Gasteiger partial charge is 1.00 e. The number of hydrogen-bond acceptors (Lipinski definition) is 3. The molecule has 0 N–H and O–H groups in total. The Bertz CT molecular complexity index is 1610. The molecule has 1 atom stereocenters. The highest BCUT2D eigenvalue weighted by molar-refractivity contribution is 7.95. The normalized spacial score (nSPS) is 12.6. The van der Waals surface area contributed by atoms with E-state index in [9.17, 15) is 4.79 Å². The summed E-state index contributed by atoms with van der Waals surface area (Å²) in [6.07, 6.45) is 7.09. The van der Waals surface area contributed by atoms with Crippen molar-refractivity contribution in [1.82, 2.24) is 0 Å². The second kappa shape index (κ2) is 18.6. The molecule has 0 radical (unpaired) electrons. The molecule has 0 aromatic heterocycles. The Morgan fingerprint density at radius 2 is 1.08 bits per heavy atom. The van der Waals surface area contributed by atoms with Gasteiger partial charge in [-0.15, -0.1) is 0 Å². The van der Waals surface area contributed by atoms with Gasteiger partial charge in [0.05, 0.1) is 18.9 Å². The Morgan fingerprint density at radius 1 is 0.680 bits per heavy atom. The van der Waals surface area contributed by atoms with Gasteiger partial charge in [0.2, 0.25) is 0 Å². The highest BCUT2D eigenvalue weighted by Gasteiger charge is 2.51. The summed E-state index contributed by atoms with van der Waals surface area (Å²) < 4.78 is 13.0. The molecule has 5 aromatic rings. The van der Waals surface area contributed by atoms with Crippen LogP contribution in [0.15, 0.2) is 164 Å². The lowest BCUT2D eigenvalue weighted by Crippen LogP contribution is -3.00. The molecule has 0 heterocycles. The molecule has 3 nitrogen and oxygen atoms in total. The molecule has 0 saturated carbocycles. The predicted octanol–water partition coefficient (Wildman–Crippen LogP) is 5.22. The first kappa shape index (κ1) is 39.2. The molecule has 260 valence electrons. The maximum atomic E-state index is 12.5. The minimum atomic E-state index is -2.85. The first-order valence-corrected chi connectivity index (χ1v) is 21.4. The van der Waals surface area contributed by atoms with Gasteiger partial charge in [-0.3, -0.25) is 4.79 Å². The number of rotatable bonds is 15. The van der Waals surface area contributed by atoms with Gasteiger partial charge >= 0.3 is 5.97 Å². The SMILES string of the molecule is CCOC(=O)CCC[C@@H](/C=C/C[P+](c1ccccc1)(c1ccccc1)c1ccccc1)O[Si](c1ccccc1)(c1ccccc1)C(C)(C)C.[Br-]. The monoisotopic (exact) mass is 764 g/mol. The van der Waals surface area contributed by atoms with Gasteiger partial charge in [0.25, 0.3) is 8.32 Å². The Balaban J connectivity index is 0.00000562. The van der Waals surface area contributed by atoms with Crippen molar-refractivity contribution in [3.05, 3.63) is 164 Å². The van der Waals surface area contributed by atoms with E-state index in [1.54, 1.807) is 0 Å². The molecule has 0 aliphatic carbocycles. The Morgan fingerprint density at radius 3 is 1.46 bits per heavy atom. The van der Waals surface area contributed by atoms with E-state index in [1.807, 2.05) is 6.92 Å². The fourth-order valence-electron chi connectivity index (χ4n) is 6.98. The zero-order chi connectivity index (χ0) is 34.6. The van der Waals surface area contributed by atoms with Gasteiger partial charge in [-0.1, -0.05) is 142 Å². The maximum absolute atomic E-state index is 12.5. The molecule has 0 spiro atoms. The van der Waals surface area contributed by atoms with Gasteiger partial charge < -0.3 is 26.1 Å². The van der Waals surface area contributed by atoms with Gasteiger partial charge in [-0.05, 0) is 77.7 Å². The number of carbonyl (C=O) groups is 1. The summed E-state index contributed by atoms with van der Waals surface area (Å²) in [6, 6.07) is 54.6. The number of esters is 1. The molecule has 0 unspecified atom stereocenters. The van der Waals surface area contributed by atoms with Crippen molar-refractivity contribution >= 4 is 47.8 Å². The topological polar surface area (TPSA) is 35.5 Å². The summed E-state index contributed by atoms with van der Waals surface area (Å²) in [4.78, 5) is 12.5. The molecule has 0 aliphatic rings. The van der Waals surface area contributed by atoms with E-state index >= 15 is 0 Å². The average Bonchev–Trinajstić information content (AvgIpc) is 3.13. The van der Waals surface area contributed by atoms with Crippen LogP contribution in [0.1, 0.15) is 47.0 Å². The van der Waals surface area contributed by atoms with E-state index in [4.69, 9.17) is 9.16 Å². The van der Waals surface area contributed by atoms with Crippen molar-refractivity contribution in [2.75, 3.05) is 12.8 Å². The van der Waals surface area contributed by atoms with E-state index in [2.05, 4.69) is 185 Å². The quantitative estimate of drug-likeness (QED) is 0.0636. The fourth-order valence-corrected chi connectivity index (χ4v) is 15.6. The zero-order valence-electron chi connectivity index (χ0n) is 29.8. The lowest BCUT2D eigenvalue weighted by molar-refractivity contribution is -0.143. The minimum Gasteiger partial charge on any atom is -1.00 e. The van der Waals surface area contributed by atoms with Crippen LogP contribution in [0.25, 0.3) is 0 Å². The lowest BCUT2D eigenvalue weighted by atomic mass is 10.1. The van der Waals surface area contributed by atoms with Crippen LogP contribution >= 0.6 is 7.26 Å². The third-order valence-corrected chi connectivity index (χ3v) is 18.6. The predicted molar refractivity (Wildman–Crippen MR) is 212 cm³/mol. The van der Waals surface area contributed by atoms with Crippen LogP contribution in [0.5, 0.6) is 0 Å². The summed E-state index contributed by atoms with van der Waals surface area (Å²) in [5.41, 5.74) is 0. The van der Waals surface area contributed by atoms with Crippen LogP contribution in [0, 0.1) is 0 Å². The number of allylic oxidation sites excluding steroid dienone is 1. The number of ether oxygens (including phenoxy) is 1. The Kier molecular flexibility index (Phi) is 14.6. The summed E-state index contributed by atoms with van der Waals surface area (Å²) in [6.45, 7) is 9.20. The fraction of sp³-hybridized carbons (Fsp3) is 0.250. The third-order valence-electron chi connectivity index (χ3n) is 9.24. The van der Waals surface area contributed by atoms with Crippen molar-refractivity contribution in [2.24, 2.45) is 0 Å². The van der Waals surface area contributed by atoms with Crippen LogP contribution < -0.4 is 43.3 Å². The molecule has 5 aromatic carbocycles. The van der Waals surface area contributed by atoms with Gasteiger partial charge in [-0.25, -0.2) is 0 Å². The van der Waals surface area contributed by atoms with E-state index in [0.717, 1.165) is 6.16 Å². The van der Waals surface area contributed by atoms with Crippen molar-refractivity contribution in [3.63, 3.8) is 0 Å². The standard InChI is InChI=1S/C44H50O3PSi.BrH/c1-5-46-43(45)35-21-23-37(47-49(44(2,3)4,41-31-17-9-18-32-41)42-33-19-10-20-34-42)24-22-36-48(38-25-11-6-12-26-38,39-27-13-7-14-28-39)40-29-15-8-16-30-40;/h6-20,22,24-34,37H,5,21,23,35-36H2,1-4H3;1H/q+1;/p-1/b24-22+;/t37-;/m0./s1. The molecular formula is C44H50BrO3PSi. The molecule has 5 rings (SSSR count). The van der Waals surface area contributed by atoms with Crippen LogP contribution in [-0.4, -0.2) is 33.2 Å². The number of hydrogen-bond donors (Lipinski definition) is 0. The van der Waals surface area contributed by atoms with Gasteiger partial charge in [0.15, 0.2) is 0 Å². The molecule has 0 fully saturated rings. The molecular weight excluding hydrogens is 715 g/mol. The van der Waals surface area contributed by atoms with Crippen LogP contribution in [0.3, 0.4) is 0 Å². The van der Waals surface area contributed by atoms with E-state index in [1.165, 1.54) is 26.3 Å².